The highest BCUT2D eigenvalue weighted by molar-refractivity contribution is 6.30. The molecule has 0 unspecified atom stereocenters. The highest BCUT2D eigenvalue weighted by Gasteiger charge is 2.25. The summed E-state index contributed by atoms with van der Waals surface area (Å²) in [6, 6.07) is 5.80. The molecular weight excluding hydrogens is 504 g/mol. The van der Waals surface area contributed by atoms with Crippen LogP contribution in [0, 0.1) is 0 Å². The van der Waals surface area contributed by atoms with Gasteiger partial charge in [-0.1, -0.05) is 17.7 Å². The zero-order valence-corrected chi connectivity index (χ0v) is 22.1. The molecule has 0 atom stereocenters. The molecule has 5 aromatic rings. The number of pyridine rings is 2. The number of halogens is 1. The first-order chi connectivity index (χ1) is 18.2. The van der Waals surface area contributed by atoms with E-state index >= 15 is 0 Å². The maximum atomic E-state index is 12.7. The molecule has 38 heavy (non-hydrogen) atoms. The number of ether oxygens (including phenoxy) is 1. The van der Waals surface area contributed by atoms with Crippen LogP contribution in [0.25, 0.3) is 11.2 Å². The second kappa shape index (κ2) is 9.56. The number of rotatable bonds is 9. The summed E-state index contributed by atoms with van der Waals surface area (Å²) in [5.41, 5.74) is 5.24. The van der Waals surface area contributed by atoms with E-state index < -0.39 is 11.6 Å². The van der Waals surface area contributed by atoms with Crippen LogP contribution in [0.2, 0.25) is 5.02 Å². The molecule has 10 heteroatoms. The van der Waals surface area contributed by atoms with Gasteiger partial charge in [0, 0.05) is 29.8 Å². The summed E-state index contributed by atoms with van der Waals surface area (Å²) in [4.78, 5) is 21.9. The van der Waals surface area contributed by atoms with E-state index in [1.807, 2.05) is 30.6 Å². The fraction of sp³-hybridized carbons (Fsp3) is 0.357. The number of esters is 1. The average Bonchev–Trinajstić information content (AvgIpc) is 3.28. The molecule has 0 amide bonds. The van der Waals surface area contributed by atoms with E-state index in [1.165, 1.54) is 24.6 Å². The van der Waals surface area contributed by atoms with Crippen molar-refractivity contribution in [2.75, 3.05) is 0 Å². The van der Waals surface area contributed by atoms with E-state index in [0.29, 0.717) is 35.2 Å². The minimum absolute atomic E-state index is 0.0318. The Kier molecular flexibility index (Phi) is 6.20. The van der Waals surface area contributed by atoms with Crippen molar-refractivity contribution in [1.29, 1.82) is 0 Å². The quantitative estimate of drug-likeness (QED) is 0.273. The van der Waals surface area contributed by atoms with Crippen molar-refractivity contribution in [3.05, 3.63) is 88.6 Å². The molecule has 1 N–H and O–H groups in total. The zero-order valence-electron chi connectivity index (χ0n) is 21.3. The second-order valence-corrected chi connectivity index (χ2v) is 11.1. The van der Waals surface area contributed by atoms with Crippen molar-refractivity contribution >= 4 is 28.7 Å². The van der Waals surface area contributed by atoms with Crippen LogP contribution >= 0.6 is 11.6 Å². The largest absolute Gasteiger partial charge is 0.455 e. The standard InChI is InChI=1S/C28H29ClN6O3/c1-28(2,37)7-5-19-9-20(18-3-4-18)12-34-14-23(32-26(19)34)15-35-13-21(11-31-35)27(36)38-16-24-25-10-22(29)6-8-33(25)17-30-24/h6,8-14,17-18,37H,3-5,7,15-16H2,1-2H3. The summed E-state index contributed by atoms with van der Waals surface area (Å²) in [6.45, 7) is 4.12. The van der Waals surface area contributed by atoms with Gasteiger partial charge in [-0.3, -0.25) is 4.68 Å². The monoisotopic (exact) mass is 532 g/mol. The number of aromatic nitrogens is 6. The van der Waals surface area contributed by atoms with E-state index in [4.69, 9.17) is 21.3 Å². The first kappa shape index (κ1) is 24.6. The van der Waals surface area contributed by atoms with E-state index in [-0.39, 0.29) is 6.61 Å². The van der Waals surface area contributed by atoms with Crippen molar-refractivity contribution in [2.45, 2.75) is 64.2 Å². The molecule has 9 nitrogen and oxygen atoms in total. The van der Waals surface area contributed by atoms with E-state index in [9.17, 15) is 9.90 Å². The topological polar surface area (TPSA) is 99.0 Å². The number of fused-ring (bicyclic) bond motifs is 2. The van der Waals surface area contributed by atoms with Gasteiger partial charge in [-0.05, 0) is 68.7 Å². The number of hydrogen-bond acceptors (Lipinski definition) is 6. The molecule has 0 aromatic carbocycles. The highest BCUT2D eigenvalue weighted by atomic mass is 35.5. The van der Waals surface area contributed by atoms with Crippen LogP contribution in [0.3, 0.4) is 0 Å². The summed E-state index contributed by atoms with van der Waals surface area (Å²) < 4.78 is 11.1. The van der Waals surface area contributed by atoms with Gasteiger partial charge in [0.05, 0.1) is 41.4 Å². The molecule has 0 aliphatic heterocycles. The first-order valence-corrected chi connectivity index (χ1v) is 13.1. The Labute approximate surface area is 224 Å². The number of carbonyl (C=O) groups is 1. The van der Waals surface area contributed by atoms with Crippen molar-refractivity contribution in [3.63, 3.8) is 0 Å². The summed E-state index contributed by atoms with van der Waals surface area (Å²) in [6.07, 6.45) is 14.7. The van der Waals surface area contributed by atoms with Gasteiger partial charge < -0.3 is 18.6 Å². The van der Waals surface area contributed by atoms with Gasteiger partial charge in [-0.25, -0.2) is 14.8 Å². The van der Waals surface area contributed by atoms with E-state index in [0.717, 1.165) is 28.8 Å². The fourth-order valence-electron chi connectivity index (χ4n) is 4.65. The number of nitrogens with zero attached hydrogens (tertiary/aromatic N) is 6. The zero-order chi connectivity index (χ0) is 26.4. The molecular formula is C28H29ClN6O3. The Hall–Kier alpha value is -3.69. The molecule has 1 fully saturated rings. The molecule has 0 spiro atoms. The van der Waals surface area contributed by atoms with E-state index in [2.05, 4.69) is 26.7 Å². The van der Waals surface area contributed by atoms with Gasteiger partial charge in [-0.15, -0.1) is 0 Å². The Morgan fingerprint density at radius 1 is 1.21 bits per heavy atom. The lowest BCUT2D eigenvalue weighted by Gasteiger charge is -2.17. The summed E-state index contributed by atoms with van der Waals surface area (Å²) >= 11 is 6.09. The van der Waals surface area contributed by atoms with Crippen LogP contribution in [-0.4, -0.2) is 45.2 Å². The highest BCUT2D eigenvalue weighted by Crippen LogP contribution is 2.40. The lowest BCUT2D eigenvalue weighted by atomic mass is 9.98. The first-order valence-electron chi connectivity index (χ1n) is 12.8. The van der Waals surface area contributed by atoms with Gasteiger partial charge in [-0.2, -0.15) is 5.10 Å². The Bertz CT molecular complexity index is 1640. The molecule has 0 saturated heterocycles. The molecule has 0 radical (unpaired) electrons. The van der Waals surface area contributed by atoms with Crippen molar-refractivity contribution in [3.8, 4) is 0 Å². The summed E-state index contributed by atoms with van der Waals surface area (Å²) in [5, 5.41) is 15.2. The molecule has 1 aliphatic rings. The van der Waals surface area contributed by atoms with Crippen LogP contribution in [0.4, 0.5) is 0 Å². The maximum Gasteiger partial charge on any atom is 0.341 e. The van der Waals surface area contributed by atoms with Gasteiger partial charge in [0.25, 0.3) is 0 Å². The van der Waals surface area contributed by atoms with Crippen LogP contribution < -0.4 is 0 Å². The fourth-order valence-corrected chi connectivity index (χ4v) is 4.81. The Balaban J connectivity index is 1.16. The van der Waals surface area contributed by atoms with Gasteiger partial charge >= 0.3 is 5.97 Å². The molecule has 0 bridgehead atoms. The number of hydrogen-bond donors (Lipinski definition) is 1. The molecule has 1 aliphatic carbocycles. The van der Waals surface area contributed by atoms with Crippen molar-refractivity contribution < 1.29 is 14.6 Å². The lowest BCUT2D eigenvalue weighted by Crippen LogP contribution is -2.19. The van der Waals surface area contributed by atoms with Crippen LogP contribution in [0.5, 0.6) is 0 Å². The van der Waals surface area contributed by atoms with Gasteiger partial charge in [0.15, 0.2) is 0 Å². The minimum atomic E-state index is -0.736. The molecule has 196 valence electrons. The average molecular weight is 533 g/mol. The SMILES string of the molecule is CC(C)(O)CCc1cc(C2CC2)cn2cc(Cn3cc(C(=O)OCc4ncn5ccc(Cl)cc45)cn3)nc12. The predicted molar refractivity (Wildman–Crippen MR) is 142 cm³/mol. The Morgan fingerprint density at radius 2 is 2.05 bits per heavy atom. The van der Waals surface area contributed by atoms with Crippen molar-refractivity contribution in [1.82, 2.24) is 28.5 Å². The lowest BCUT2D eigenvalue weighted by molar-refractivity contribution is 0.0469. The molecule has 5 aromatic heterocycles. The van der Waals surface area contributed by atoms with Gasteiger partial charge in [0.2, 0.25) is 0 Å². The number of aliphatic hydroxyl groups is 1. The number of aryl methyl sites for hydroxylation is 1. The molecule has 1 saturated carbocycles. The normalized spacial score (nSPS) is 14.0. The van der Waals surface area contributed by atoms with Crippen LogP contribution in [0.15, 0.2) is 55.5 Å². The third kappa shape index (κ3) is 5.30. The number of imidazole rings is 2. The molecule has 6 rings (SSSR count). The minimum Gasteiger partial charge on any atom is -0.455 e. The van der Waals surface area contributed by atoms with E-state index in [1.54, 1.807) is 29.3 Å². The van der Waals surface area contributed by atoms with Crippen molar-refractivity contribution in [2.24, 2.45) is 0 Å². The summed E-state index contributed by atoms with van der Waals surface area (Å²) in [5.74, 6) is 0.139. The predicted octanol–water partition coefficient (Wildman–Crippen LogP) is 4.82. The summed E-state index contributed by atoms with van der Waals surface area (Å²) in [7, 11) is 0. The van der Waals surface area contributed by atoms with Crippen LogP contribution in [0.1, 0.15) is 71.9 Å². The third-order valence-electron chi connectivity index (χ3n) is 6.87. The van der Waals surface area contributed by atoms with Gasteiger partial charge in [0.1, 0.15) is 17.9 Å². The maximum absolute atomic E-state index is 12.7. The second-order valence-electron chi connectivity index (χ2n) is 10.7. The Morgan fingerprint density at radius 3 is 2.84 bits per heavy atom. The smallest absolute Gasteiger partial charge is 0.341 e. The third-order valence-corrected chi connectivity index (χ3v) is 7.10. The molecule has 5 heterocycles. The van der Waals surface area contributed by atoms with Crippen LogP contribution in [-0.2, 0) is 24.3 Å². The number of carbonyl (C=O) groups excluding carboxylic acids is 1.